The summed E-state index contributed by atoms with van der Waals surface area (Å²) in [6.45, 7) is -0.205. The van der Waals surface area contributed by atoms with Gasteiger partial charge in [0.25, 0.3) is 0 Å². The summed E-state index contributed by atoms with van der Waals surface area (Å²) in [5.74, 6) is -1.51. The highest BCUT2D eigenvalue weighted by Gasteiger charge is 2.56. The van der Waals surface area contributed by atoms with Gasteiger partial charge in [0.1, 0.15) is 6.07 Å². The maximum absolute atomic E-state index is 11.5. The molecule has 122 valence electrons. The second kappa shape index (κ2) is 6.79. The van der Waals surface area contributed by atoms with E-state index in [1.54, 1.807) is 12.1 Å². The Morgan fingerprint density at radius 3 is 2.58 bits per heavy atom. The quantitative estimate of drug-likeness (QED) is 0.743. The van der Waals surface area contributed by atoms with Gasteiger partial charge in [-0.3, -0.25) is 9.78 Å². The lowest BCUT2D eigenvalue weighted by atomic mass is 10.1. The van der Waals surface area contributed by atoms with Crippen molar-refractivity contribution in [2.45, 2.75) is 18.0 Å². The number of aliphatic hydroxyl groups excluding tert-OH is 1. The highest BCUT2D eigenvalue weighted by atomic mass is 16.4. The maximum atomic E-state index is 11.5. The van der Waals surface area contributed by atoms with Crippen LogP contribution in [0.3, 0.4) is 0 Å². The third kappa shape index (κ3) is 3.13. The average Bonchev–Trinajstić information content (AvgIpc) is 3.35. The first-order chi connectivity index (χ1) is 11.7. The number of aromatic nitrogens is 1. The van der Waals surface area contributed by atoms with Crippen LogP contribution in [0.1, 0.15) is 28.8 Å². The number of aliphatic hydroxyl groups is 1. The van der Waals surface area contributed by atoms with E-state index in [0.29, 0.717) is 11.3 Å². The highest BCUT2D eigenvalue weighted by Crippen LogP contribution is 2.48. The zero-order valence-electron chi connectivity index (χ0n) is 12.8. The van der Waals surface area contributed by atoms with Crippen LogP contribution >= 0.6 is 0 Å². The number of carbonyl (C=O) groups is 1. The molecule has 1 saturated carbocycles. The Labute approximate surface area is 139 Å². The molecule has 6 heteroatoms. The van der Waals surface area contributed by atoms with Gasteiger partial charge in [0, 0.05) is 18.2 Å². The minimum Gasteiger partial charge on any atom is -0.481 e. The molecule has 6 nitrogen and oxygen atoms in total. The molecule has 24 heavy (non-hydrogen) atoms. The van der Waals surface area contributed by atoms with Crippen LogP contribution in [0, 0.1) is 17.2 Å². The molecule has 0 radical (unpaired) electrons. The smallest absolute Gasteiger partial charge is 0.308 e. The van der Waals surface area contributed by atoms with Crippen molar-refractivity contribution in [1.29, 1.82) is 5.26 Å². The zero-order chi connectivity index (χ0) is 17.1. The first-order valence-electron chi connectivity index (χ1n) is 7.66. The Morgan fingerprint density at radius 1 is 1.29 bits per heavy atom. The second-order valence-electron chi connectivity index (χ2n) is 5.81. The van der Waals surface area contributed by atoms with Crippen molar-refractivity contribution in [2.75, 3.05) is 6.61 Å². The molecule has 1 aliphatic rings. The van der Waals surface area contributed by atoms with Crippen molar-refractivity contribution < 1.29 is 15.0 Å². The van der Waals surface area contributed by atoms with Gasteiger partial charge < -0.3 is 15.5 Å². The molecule has 1 aliphatic carbocycles. The van der Waals surface area contributed by atoms with Crippen LogP contribution in [-0.4, -0.2) is 33.8 Å². The molecule has 1 fully saturated rings. The van der Waals surface area contributed by atoms with E-state index in [-0.39, 0.29) is 18.6 Å². The van der Waals surface area contributed by atoms with Gasteiger partial charge in [-0.25, -0.2) is 0 Å². The van der Waals surface area contributed by atoms with E-state index >= 15 is 0 Å². The molecule has 3 rings (SSSR count). The number of hydrogen-bond donors (Lipinski definition) is 3. The van der Waals surface area contributed by atoms with Crippen LogP contribution in [0.5, 0.6) is 0 Å². The minimum absolute atomic E-state index is 0.129. The summed E-state index contributed by atoms with van der Waals surface area (Å²) >= 11 is 0. The summed E-state index contributed by atoms with van der Waals surface area (Å²) < 4.78 is 0. The van der Waals surface area contributed by atoms with E-state index in [4.69, 9.17) is 5.26 Å². The van der Waals surface area contributed by atoms with Gasteiger partial charge in [-0.15, -0.1) is 0 Å². The SMILES string of the molecule is N#Cc1ccc([C@H](CO)NC2[C@H](C(=O)O)[C@H]2c2ccccc2)nc1. The summed E-state index contributed by atoms with van der Waals surface area (Å²) in [7, 11) is 0. The van der Waals surface area contributed by atoms with Gasteiger partial charge in [-0.05, 0) is 17.7 Å². The molecular formula is C18H17N3O3. The van der Waals surface area contributed by atoms with Gasteiger partial charge in [-0.2, -0.15) is 5.26 Å². The van der Waals surface area contributed by atoms with Crippen molar-refractivity contribution in [3.8, 4) is 6.07 Å². The number of nitriles is 1. The van der Waals surface area contributed by atoms with Crippen LogP contribution in [-0.2, 0) is 4.79 Å². The number of carboxylic acid groups (broad SMARTS) is 1. The summed E-state index contributed by atoms with van der Waals surface area (Å²) in [5.41, 5.74) is 1.98. The molecule has 0 bridgehead atoms. The molecule has 4 atom stereocenters. The van der Waals surface area contributed by atoms with Gasteiger partial charge in [0.15, 0.2) is 0 Å². The van der Waals surface area contributed by atoms with Gasteiger partial charge in [0.05, 0.1) is 29.8 Å². The summed E-state index contributed by atoms with van der Waals surface area (Å²) in [6.07, 6.45) is 1.44. The molecule has 0 amide bonds. The van der Waals surface area contributed by atoms with E-state index < -0.39 is 17.9 Å². The molecule has 1 heterocycles. The molecule has 0 aliphatic heterocycles. The molecule has 3 N–H and O–H groups in total. The minimum atomic E-state index is -0.856. The highest BCUT2D eigenvalue weighted by molar-refractivity contribution is 5.77. The first-order valence-corrected chi connectivity index (χ1v) is 7.66. The predicted octanol–water partition coefficient (Wildman–Crippen LogP) is 1.44. The molecule has 2 aromatic rings. The molecular weight excluding hydrogens is 306 g/mol. The van der Waals surface area contributed by atoms with E-state index in [0.717, 1.165) is 5.56 Å². The number of aliphatic carboxylic acids is 1. The number of rotatable bonds is 6. The second-order valence-corrected chi connectivity index (χ2v) is 5.81. The van der Waals surface area contributed by atoms with Crippen molar-refractivity contribution in [3.05, 3.63) is 65.5 Å². The lowest BCUT2D eigenvalue weighted by Gasteiger charge is -2.16. The standard InChI is InChI=1S/C18H17N3O3/c19-8-11-6-7-13(20-9-11)14(10-22)21-17-15(16(17)18(23)24)12-4-2-1-3-5-12/h1-7,9,14-17,21-22H,10H2,(H,23,24)/t14-,15+,16+,17?/m0/s1. The first kappa shape index (κ1) is 16.1. The van der Waals surface area contributed by atoms with E-state index in [1.165, 1.54) is 6.20 Å². The maximum Gasteiger partial charge on any atom is 0.308 e. The lowest BCUT2D eigenvalue weighted by molar-refractivity contribution is -0.138. The third-order valence-corrected chi connectivity index (χ3v) is 4.34. The molecule has 0 saturated heterocycles. The van der Waals surface area contributed by atoms with Crippen LogP contribution in [0.2, 0.25) is 0 Å². The predicted molar refractivity (Wildman–Crippen MR) is 86.0 cm³/mol. The van der Waals surface area contributed by atoms with Crippen molar-refractivity contribution >= 4 is 5.97 Å². The molecule has 1 aromatic heterocycles. The van der Waals surface area contributed by atoms with E-state index in [1.807, 2.05) is 36.4 Å². The van der Waals surface area contributed by atoms with Crippen LogP contribution in [0.25, 0.3) is 0 Å². The van der Waals surface area contributed by atoms with Crippen LogP contribution in [0.4, 0.5) is 0 Å². The van der Waals surface area contributed by atoms with Gasteiger partial charge in [0.2, 0.25) is 0 Å². The van der Waals surface area contributed by atoms with E-state index in [2.05, 4.69) is 10.3 Å². The average molecular weight is 323 g/mol. The largest absolute Gasteiger partial charge is 0.481 e. The number of hydrogen-bond acceptors (Lipinski definition) is 5. The lowest BCUT2D eigenvalue weighted by Crippen LogP contribution is -2.29. The van der Waals surface area contributed by atoms with Crippen molar-refractivity contribution in [2.24, 2.45) is 5.92 Å². The fourth-order valence-electron chi connectivity index (χ4n) is 3.06. The third-order valence-electron chi connectivity index (χ3n) is 4.34. The topological polar surface area (TPSA) is 106 Å². The van der Waals surface area contributed by atoms with Crippen molar-refractivity contribution in [1.82, 2.24) is 10.3 Å². The normalized spacial score (nSPS) is 23.2. The number of nitrogens with zero attached hydrogens (tertiary/aromatic N) is 2. The Kier molecular flexibility index (Phi) is 4.56. The summed E-state index contributed by atoms with van der Waals surface area (Å²) in [4.78, 5) is 15.7. The van der Waals surface area contributed by atoms with Gasteiger partial charge in [-0.1, -0.05) is 30.3 Å². The van der Waals surface area contributed by atoms with Gasteiger partial charge >= 0.3 is 5.97 Å². The number of benzene rings is 1. The number of carboxylic acids is 1. The van der Waals surface area contributed by atoms with Crippen LogP contribution in [0.15, 0.2) is 48.7 Å². The Morgan fingerprint density at radius 2 is 2.04 bits per heavy atom. The Balaban J connectivity index is 1.77. The van der Waals surface area contributed by atoms with Crippen molar-refractivity contribution in [3.63, 3.8) is 0 Å². The Hall–Kier alpha value is -2.75. The molecule has 0 spiro atoms. The van der Waals surface area contributed by atoms with Crippen LogP contribution < -0.4 is 5.32 Å². The summed E-state index contributed by atoms with van der Waals surface area (Å²) in [6, 6.07) is 14.0. The fraction of sp³-hybridized carbons (Fsp3) is 0.278. The van der Waals surface area contributed by atoms with E-state index in [9.17, 15) is 15.0 Å². The monoisotopic (exact) mass is 323 g/mol. The molecule has 1 aromatic carbocycles. The zero-order valence-corrected chi connectivity index (χ0v) is 12.8. The number of nitrogens with one attached hydrogen (secondary N) is 1. The Bertz CT molecular complexity index is 755. The number of pyridine rings is 1. The molecule has 1 unspecified atom stereocenters. The fourth-order valence-corrected chi connectivity index (χ4v) is 3.06. The summed E-state index contributed by atoms with van der Waals surface area (Å²) in [5, 5.41) is 31.1.